The van der Waals surface area contributed by atoms with Crippen LogP contribution in [0, 0.1) is 6.92 Å². The number of rotatable bonds is 8. The fourth-order valence-electron chi connectivity index (χ4n) is 4.12. The van der Waals surface area contributed by atoms with Gasteiger partial charge in [0.05, 0.1) is 4.90 Å². The van der Waals surface area contributed by atoms with Crippen molar-refractivity contribution in [3.8, 4) is 11.5 Å². The summed E-state index contributed by atoms with van der Waals surface area (Å²) in [5.41, 5.74) is -0.0333. The lowest BCUT2D eigenvalue weighted by Crippen LogP contribution is -2.26. The monoisotopic (exact) mass is 578 g/mol. The van der Waals surface area contributed by atoms with E-state index in [1.165, 1.54) is 0 Å². The van der Waals surface area contributed by atoms with E-state index in [1.807, 2.05) is 127 Å². The van der Waals surface area contributed by atoms with Crippen LogP contribution in [0.2, 0.25) is 0 Å². The van der Waals surface area contributed by atoms with Crippen LogP contribution in [-0.2, 0) is 13.7 Å². The molecule has 4 aromatic rings. The summed E-state index contributed by atoms with van der Waals surface area (Å²) >= 11 is 0. The summed E-state index contributed by atoms with van der Waals surface area (Å²) in [6.07, 6.45) is 0. The molecule has 7 heteroatoms. The van der Waals surface area contributed by atoms with Gasteiger partial charge < -0.3 is 9.47 Å². The summed E-state index contributed by atoms with van der Waals surface area (Å²) in [5, 5.41) is 0. The van der Waals surface area contributed by atoms with Gasteiger partial charge in [0.1, 0.15) is 11.2 Å². The Morgan fingerprint density at radius 3 is 1.45 bits per heavy atom. The summed E-state index contributed by atoms with van der Waals surface area (Å²) in [5.74, 6) is 1.09. The largest absolute Gasteiger partial charge is 0.484 e. The third-order valence-corrected chi connectivity index (χ3v) is 10.9. The Bertz CT molecular complexity index is 1500. The molecule has 0 radical (unpaired) electrons. The van der Waals surface area contributed by atoms with E-state index in [4.69, 9.17) is 13.1 Å². The van der Waals surface area contributed by atoms with Crippen LogP contribution in [0.5, 0.6) is 11.5 Å². The molecule has 0 heterocycles. The molecule has 0 N–H and O–H groups in total. The Hall–Kier alpha value is -3.26. The fourth-order valence-corrected chi connectivity index (χ4v) is 9.35. The van der Waals surface area contributed by atoms with Gasteiger partial charge in [-0.15, -0.1) is 0 Å². The first-order chi connectivity index (χ1) is 18.7. The van der Waals surface area contributed by atoms with Gasteiger partial charge in [-0.3, -0.25) is 0 Å². The van der Waals surface area contributed by atoms with Gasteiger partial charge in [0.2, 0.25) is 0 Å². The van der Waals surface area contributed by atoms with E-state index in [2.05, 4.69) is 0 Å². The van der Waals surface area contributed by atoms with Crippen molar-refractivity contribution in [2.75, 3.05) is 0 Å². The fraction of sp³-hybridized carbons (Fsp3) is 0.273. The molecule has 0 amide bonds. The van der Waals surface area contributed by atoms with Crippen molar-refractivity contribution in [1.82, 2.24) is 0 Å². The van der Waals surface area contributed by atoms with Crippen LogP contribution in [0.4, 0.5) is 0 Å². The SMILES string of the molecule is Cc1ccc(S(=O)(=O)OS(c2ccccc2)(c2ccccc2)c2ccc(OC(C)(C)C)c(OC(C)(C)C)c2)cc1. The minimum absolute atomic E-state index is 0.0979. The zero-order chi connectivity index (χ0) is 29.2. The van der Waals surface area contributed by atoms with Crippen LogP contribution in [0.1, 0.15) is 47.1 Å². The summed E-state index contributed by atoms with van der Waals surface area (Å²) < 4.78 is 47.1. The first-order valence-corrected chi connectivity index (χ1v) is 16.1. The molecule has 0 saturated carbocycles. The molecule has 0 atom stereocenters. The number of ether oxygens (including phenoxy) is 2. The lowest BCUT2D eigenvalue weighted by molar-refractivity contribution is 0.0954. The molecule has 0 aliphatic carbocycles. The van der Waals surface area contributed by atoms with Crippen LogP contribution < -0.4 is 9.47 Å². The lowest BCUT2D eigenvalue weighted by Gasteiger charge is -2.40. The lowest BCUT2D eigenvalue weighted by atomic mass is 10.1. The smallest absolute Gasteiger partial charge is 0.307 e. The van der Waals surface area contributed by atoms with Crippen LogP contribution in [0.15, 0.2) is 123 Å². The molecule has 0 bridgehead atoms. The summed E-state index contributed by atoms with van der Waals surface area (Å²) in [4.78, 5) is 2.24. The van der Waals surface area contributed by atoms with Crippen molar-refractivity contribution in [3.63, 3.8) is 0 Å². The second kappa shape index (κ2) is 11.3. The van der Waals surface area contributed by atoms with E-state index in [9.17, 15) is 8.42 Å². The van der Waals surface area contributed by atoms with Gasteiger partial charge in [0.25, 0.3) is 0 Å². The highest BCUT2D eigenvalue weighted by atomic mass is 32.3. The Kier molecular flexibility index (Phi) is 8.41. The van der Waals surface area contributed by atoms with E-state index in [0.29, 0.717) is 16.4 Å². The van der Waals surface area contributed by atoms with Gasteiger partial charge >= 0.3 is 10.1 Å². The van der Waals surface area contributed by atoms with Crippen molar-refractivity contribution in [2.45, 2.75) is 79.3 Å². The van der Waals surface area contributed by atoms with Crippen molar-refractivity contribution >= 4 is 20.4 Å². The minimum Gasteiger partial charge on any atom is -0.484 e. The summed E-state index contributed by atoms with van der Waals surface area (Å²) in [6.45, 7) is 13.7. The van der Waals surface area contributed by atoms with Crippen molar-refractivity contribution in [3.05, 3.63) is 109 Å². The average Bonchev–Trinajstić information content (AvgIpc) is 2.88. The first-order valence-electron chi connectivity index (χ1n) is 13.2. The summed E-state index contributed by atoms with van der Waals surface area (Å²) in [7, 11) is -7.01. The number of hydrogen-bond donors (Lipinski definition) is 0. The Morgan fingerprint density at radius 1 is 0.525 bits per heavy atom. The van der Waals surface area contributed by atoms with Gasteiger partial charge in [-0.2, -0.15) is 8.42 Å². The van der Waals surface area contributed by atoms with E-state index in [1.54, 1.807) is 24.3 Å². The zero-order valence-corrected chi connectivity index (χ0v) is 25.8. The molecule has 0 aromatic heterocycles. The summed E-state index contributed by atoms with van der Waals surface area (Å²) in [6, 6.07) is 31.3. The molecule has 0 fully saturated rings. The van der Waals surface area contributed by atoms with E-state index in [-0.39, 0.29) is 4.90 Å². The van der Waals surface area contributed by atoms with Crippen LogP contribution in [0.3, 0.4) is 0 Å². The molecule has 212 valence electrons. The molecule has 0 saturated heterocycles. The van der Waals surface area contributed by atoms with Crippen molar-refractivity contribution < 1.29 is 21.5 Å². The molecular weight excluding hydrogens is 540 g/mol. The van der Waals surface area contributed by atoms with Crippen LogP contribution in [0.25, 0.3) is 0 Å². The second-order valence-corrected chi connectivity index (χ2v) is 16.0. The third-order valence-electron chi connectivity index (χ3n) is 5.73. The minimum atomic E-state index is -4.20. The second-order valence-electron chi connectivity index (χ2n) is 11.6. The topological polar surface area (TPSA) is 61.8 Å². The number of hydrogen-bond acceptors (Lipinski definition) is 5. The molecule has 40 heavy (non-hydrogen) atoms. The molecule has 0 spiro atoms. The Morgan fingerprint density at radius 2 is 0.975 bits per heavy atom. The van der Waals surface area contributed by atoms with Gasteiger partial charge in [-0.1, -0.05) is 54.1 Å². The maximum Gasteiger partial charge on any atom is 0.307 e. The molecule has 4 rings (SSSR count). The quantitative estimate of drug-likeness (QED) is 0.209. The first kappa shape index (κ1) is 29.7. The predicted octanol–water partition coefficient (Wildman–Crippen LogP) is 8.95. The standard InChI is InChI=1S/C33H38O5S2/c1-25-18-20-28(21-19-25)40(34,35)38-39(26-14-10-8-11-15-26,27-16-12-9-13-17-27)29-22-23-30(36-32(2,3)4)31(24-29)37-33(5,6)7/h8-24H,1-7H3. The molecular formula is C33H38O5S2. The van der Waals surface area contributed by atoms with E-state index < -0.39 is 31.6 Å². The van der Waals surface area contributed by atoms with Crippen molar-refractivity contribution in [2.24, 2.45) is 0 Å². The van der Waals surface area contributed by atoms with Gasteiger partial charge in [-0.05, 0) is 113 Å². The van der Waals surface area contributed by atoms with Crippen molar-refractivity contribution in [1.29, 1.82) is 0 Å². The number of benzene rings is 4. The molecule has 0 aliphatic rings. The van der Waals surface area contributed by atoms with Crippen LogP contribution >= 0.6 is 10.3 Å². The molecule has 0 unspecified atom stereocenters. The molecule has 4 aromatic carbocycles. The van der Waals surface area contributed by atoms with Gasteiger partial charge in [0, 0.05) is 14.7 Å². The normalized spacial score (nSPS) is 13.1. The molecule has 5 nitrogen and oxygen atoms in total. The predicted molar refractivity (Wildman–Crippen MR) is 162 cm³/mol. The maximum atomic E-state index is 14.0. The van der Waals surface area contributed by atoms with Gasteiger partial charge in [-0.25, -0.2) is 3.63 Å². The average molecular weight is 579 g/mol. The van der Waals surface area contributed by atoms with E-state index in [0.717, 1.165) is 15.4 Å². The van der Waals surface area contributed by atoms with E-state index >= 15 is 0 Å². The highest BCUT2D eigenvalue weighted by Gasteiger charge is 2.39. The van der Waals surface area contributed by atoms with Gasteiger partial charge in [0.15, 0.2) is 11.5 Å². The zero-order valence-electron chi connectivity index (χ0n) is 24.2. The van der Waals surface area contributed by atoms with Crippen LogP contribution in [-0.4, -0.2) is 19.6 Å². The Labute approximate surface area is 240 Å². The third kappa shape index (κ3) is 6.89. The Balaban J connectivity index is 2.03. The highest BCUT2D eigenvalue weighted by molar-refractivity contribution is 8.33. The maximum absolute atomic E-state index is 14.0. The highest BCUT2D eigenvalue weighted by Crippen LogP contribution is 2.71. The molecule has 0 aliphatic heterocycles. The number of aryl methyl sites for hydroxylation is 1.